The van der Waals surface area contributed by atoms with Crippen LogP contribution in [-0.4, -0.2) is 94.4 Å². The number of fused-ring (bicyclic) bond motifs is 8. The first-order valence-corrected chi connectivity index (χ1v) is 25.0. The molecule has 8 rings (SSSR count). The normalized spacial score (nSPS) is 24.7. The van der Waals surface area contributed by atoms with Crippen molar-refractivity contribution in [3.8, 4) is 0 Å². The summed E-state index contributed by atoms with van der Waals surface area (Å²) in [7, 11) is -7.50. The van der Waals surface area contributed by atoms with Crippen molar-refractivity contribution in [1.29, 1.82) is 0 Å². The van der Waals surface area contributed by atoms with Gasteiger partial charge in [0, 0.05) is 85.8 Å². The van der Waals surface area contributed by atoms with E-state index in [1.54, 1.807) is 86.7 Å². The molecule has 4 N–H and O–H groups in total. The van der Waals surface area contributed by atoms with Crippen LogP contribution in [0.5, 0.6) is 0 Å². The van der Waals surface area contributed by atoms with Gasteiger partial charge in [-0.2, -0.15) is 8.61 Å². The highest BCUT2D eigenvalue weighted by molar-refractivity contribution is 7.88. The molecule has 6 heterocycles. The number of aromatic nitrogens is 2. The van der Waals surface area contributed by atoms with Crippen LogP contribution in [0.1, 0.15) is 59.6 Å². The summed E-state index contributed by atoms with van der Waals surface area (Å²) >= 11 is 0. The third-order valence-corrected chi connectivity index (χ3v) is 15.4. The molecular weight excluding hydrogens is 899 g/mol. The summed E-state index contributed by atoms with van der Waals surface area (Å²) in [5, 5.41) is 25.9. The fourth-order valence-electron chi connectivity index (χ4n) is 10.1. The Bertz CT molecular complexity index is 2710. The van der Waals surface area contributed by atoms with Gasteiger partial charge >= 0.3 is 0 Å². The van der Waals surface area contributed by atoms with Gasteiger partial charge in [0.15, 0.2) is 0 Å². The molecule has 2 aromatic carbocycles. The number of hydrogen-bond donors (Lipinski definition) is 4. The molecule has 66 heavy (non-hydrogen) atoms. The van der Waals surface area contributed by atoms with E-state index in [4.69, 9.17) is 0 Å². The molecule has 20 heteroatoms. The summed E-state index contributed by atoms with van der Waals surface area (Å²) in [5.41, 5.74) is 2.60. The summed E-state index contributed by atoms with van der Waals surface area (Å²) in [4.78, 5) is 52.7. The van der Waals surface area contributed by atoms with Crippen LogP contribution in [0, 0.1) is 35.3 Å². The van der Waals surface area contributed by atoms with Gasteiger partial charge < -0.3 is 30.0 Å². The summed E-state index contributed by atoms with van der Waals surface area (Å²) in [5.74, 6) is -4.82. The molecular formula is C46H52F2N6O10S2. The molecule has 4 aromatic rings. The van der Waals surface area contributed by atoms with Crippen LogP contribution < -0.4 is 21.8 Å². The van der Waals surface area contributed by atoms with Crippen molar-refractivity contribution in [2.45, 2.75) is 64.2 Å². The molecule has 0 aliphatic carbocycles. The van der Waals surface area contributed by atoms with E-state index < -0.39 is 105 Å². The number of rotatable bonds is 12. The number of allylic oxidation sites excluding steroid dienone is 2. The second kappa shape index (κ2) is 19.3. The van der Waals surface area contributed by atoms with E-state index in [2.05, 4.69) is 10.6 Å². The van der Waals surface area contributed by atoms with Crippen LogP contribution in [0.4, 0.5) is 8.78 Å². The molecule has 0 spiro atoms. The molecule has 0 radical (unpaired) electrons. The number of nitrogens with one attached hydrogen (secondary N) is 2. The fraction of sp³-hybridized carbons (Fsp3) is 0.391. The largest absolute Gasteiger partial charge is 0.396 e. The Morgan fingerprint density at radius 3 is 1.27 bits per heavy atom. The average Bonchev–Trinajstić information content (AvgIpc) is 3.69. The Labute approximate surface area is 381 Å². The summed E-state index contributed by atoms with van der Waals surface area (Å²) in [6.07, 6.45) is 8.98. The standard InChI is InChI=1S/2C23H26FN3O5S/c2*1-3-4-15-7-10-18-21-20(22(29)25-11-14-5-8-16(24)9-6-14)17(13-28)19(12-26(18)23(15)30)27(21)33(2,31)32/h2*3-10,17,19-21,28H,11-13H2,1-2H3,(H,25,29)/b4-3+;4-3-/t2*17-,19-,20+,21+/m11/s1. The molecule has 352 valence electrons. The van der Waals surface area contributed by atoms with E-state index in [1.807, 2.05) is 0 Å². The number of pyridine rings is 2. The Morgan fingerprint density at radius 2 is 0.970 bits per heavy atom. The number of halogens is 2. The minimum atomic E-state index is -3.75. The maximum atomic E-state index is 13.3. The molecule has 2 amide bonds. The lowest BCUT2D eigenvalue weighted by Gasteiger charge is -2.36. The first kappa shape index (κ1) is 48.3. The Kier molecular flexibility index (Phi) is 14.1. The summed E-state index contributed by atoms with van der Waals surface area (Å²) in [6.45, 7) is 3.11. The zero-order valence-electron chi connectivity index (χ0n) is 36.6. The van der Waals surface area contributed by atoms with Gasteiger partial charge in [-0.25, -0.2) is 25.6 Å². The maximum absolute atomic E-state index is 13.3. The highest BCUT2D eigenvalue weighted by Gasteiger charge is 2.60. The smallest absolute Gasteiger partial charge is 0.258 e. The first-order valence-electron chi connectivity index (χ1n) is 21.3. The van der Waals surface area contributed by atoms with Crippen molar-refractivity contribution in [2.75, 3.05) is 25.7 Å². The van der Waals surface area contributed by atoms with E-state index in [0.717, 1.165) is 12.5 Å². The number of sulfonamides is 2. The van der Waals surface area contributed by atoms with Crippen LogP contribution in [0.15, 0.2) is 94.5 Å². The van der Waals surface area contributed by atoms with Crippen molar-refractivity contribution < 1.29 is 45.4 Å². The molecule has 4 aliphatic rings. The van der Waals surface area contributed by atoms with Crippen LogP contribution >= 0.6 is 0 Å². The highest BCUT2D eigenvalue weighted by Crippen LogP contribution is 2.51. The molecule has 8 atom stereocenters. The zero-order chi connectivity index (χ0) is 47.8. The van der Waals surface area contributed by atoms with E-state index in [1.165, 1.54) is 42.0 Å². The van der Waals surface area contributed by atoms with E-state index >= 15 is 0 Å². The maximum Gasteiger partial charge on any atom is 0.258 e. The molecule has 2 aromatic heterocycles. The molecule has 4 bridgehead atoms. The van der Waals surface area contributed by atoms with Gasteiger partial charge in [-0.15, -0.1) is 0 Å². The lowest BCUT2D eigenvalue weighted by atomic mass is 9.86. The lowest BCUT2D eigenvalue weighted by molar-refractivity contribution is -0.128. The van der Waals surface area contributed by atoms with Crippen LogP contribution in [0.25, 0.3) is 12.2 Å². The van der Waals surface area contributed by atoms with Crippen molar-refractivity contribution in [3.63, 3.8) is 0 Å². The number of hydrogen-bond acceptors (Lipinski definition) is 10. The van der Waals surface area contributed by atoms with Gasteiger partial charge in [0.25, 0.3) is 11.1 Å². The second-order valence-electron chi connectivity index (χ2n) is 16.9. The van der Waals surface area contributed by atoms with Crippen LogP contribution in [0.2, 0.25) is 0 Å². The number of carbonyl (C=O) groups is 2. The van der Waals surface area contributed by atoms with Gasteiger partial charge in [-0.3, -0.25) is 19.2 Å². The Morgan fingerprint density at radius 1 is 0.621 bits per heavy atom. The Balaban J connectivity index is 0.000000196. The van der Waals surface area contributed by atoms with E-state index in [9.17, 15) is 55.0 Å². The number of carbonyl (C=O) groups excluding carboxylic acids is 2. The van der Waals surface area contributed by atoms with Gasteiger partial charge in [0.1, 0.15) is 11.6 Å². The quantitative estimate of drug-likeness (QED) is 0.163. The summed E-state index contributed by atoms with van der Waals surface area (Å²) in [6, 6.07) is 14.6. The number of nitrogens with zero attached hydrogens (tertiary/aromatic N) is 4. The van der Waals surface area contributed by atoms with Gasteiger partial charge in [-0.05, 0) is 73.5 Å². The van der Waals surface area contributed by atoms with E-state index in [0.29, 0.717) is 33.6 Å². The molecule has 4 aliphatic heterocycles. The SMILES string of the molecule is C/C=C/c1ccc2n(c1=O)C[C@@H]1[C@@H](CO)[C@H](C(=O)NCc3ccc(F)cc3)[C@H]2N1S(C)(=O)=O.C/C=C\c1ccc2n(c1=O)C[C@@H]1[C@@H](CO)[C@H](C(=O)NCc3ccc(F)cc3)[C@H]2N1S(C)(=O)=O. The van der Waals surface area contributed by atoms with Crippen LogP contribution in [0.3, 0.4) is 0 Å². The number of aliphatic hydroxyl groups excluding tert-OH is 2. The zero-order valence-corrected chi connectivity index (χ0v) is 38.3. The number of benzene rings is 2. The first-order chi connectivity index (χ1) is 31.3. The molecule has 2 saturated heterocycles. The van der Waals surface area contributed by atoms with Crippen molar-refractivity contribution in [2.24, 2.45) is 23.7 Å². The minimum Gasteiger partial charge on any atom is -0.396 e. The van der Waals surface area contributed by atoms with Gasteiger partial charge in [0.2, 0.25) is 31.9 Å². The second-order valence-corrected chi connectivity index (χ2v) is 20.7. The predicted molar refractivity (Wildman–Crippen MR) is 242 cm³/mol. The third-order valence-electron chi connectivity index (χ3n) is 12.9. The molecule has 2 fully saturated rings. The van der Waals surface area contributed by atoms with Crippen molar-refractivity contribution in [1.82, 2.24) is 28.4 Å². The Hall–Kier alpha value is -5.64. The van der Waals surface area contributed by atoms with Crippen LogP contribution in [-0.2, 0) is 55.8 Å². The topological polar surface area (TPSA) is 217 Å². The third kappa shape index (κ3) is 9.21. The number of aliphatic hydroxyl groups is 2. The molecule has 16 nitrogen and oxygen atoms in total. The molecule has 0 saturated carbocycles. The fourth-order valence-corrected chi connectivity index (χ4v) is 12.8. The van der Waals surface area contributed by atoms with Crippen molar-refractivity contribution in [3.05, 3.63) is 151 Å². The summed E-state index contributed by atoms with van der Waals surface area (Å²) < 4.78 is 82.8. The van der Waals surface area contributed by atoms with Gasteiger partial charge in [-0.1, -0.05) is 48.6 Å². The minimum absolute atomic E-state index is 0.0517. The molecule has 0 unspecified atom stereocenters. The monoisotopic (exact) mass is 950 g/mol. The van der Waals surface area contributed by atoms with Crippen molar-refractivity contribution >= 4 is 44.0 Å². The average molecular weight is 951 g/mol. The number of amides is 2. The lowest BCUT2D eigenvalue weighted by Crippen LogP contribution is -2.48. The van der Waals surface area contributed by atoms with E-state index in [-0.39, 0.29) is 37.3 Å². The highest BCUT2D eigenvalue weighted by atomic mass is 32.2. The van der Waals surface area contributed by atoms with Gasteiger partial charge in [0.05, 0.1) is 36.4 Å². The predicted octanol–water partition coefficient (Wildman–Crippen LogP) is 2.52.